The van der Waals surface area contributed by atoms with Crippen molar-refractivity contribution in [3.8, 4) is 0 Å². The van der Waals surface area contributed by atoms with Crippen molar-refractivity contribution >= 4 is 45.0 Å². The molecular weight excluding hydrogens is 384 g/mol. The Kier molecular flexibility index (Phi) is 6.08. The first-order valence-electron chi connectivity index (χ1n) is 8.52. The monoisotopic (exact) mass is 402 g/mol. The summed E-state index contributed by atoms with van der Waals surface area (Å²) >= 11 is 7.54. The number of rotatable bonds is 6. The van der Waals surface area contributed by atoms with Crippen LogP contribution in [-0.2, 0) is 16.1 Å². The van der Waals surface area contributed by atoms with E-state index in [1.807, 2.05) is 38.1 Å². The molecule has 3 rings (SSSR count). The third-order valence-corrected chi connectivity index (χ3v) is 5.34. The standard InChI is InChI=1S/C20H19ClN2O3S/c1-12(2)18(23-19(24)13-7-3-4-8-14(13)21)20(25)26-11-17-22-15-9-5-6-10-16(15)27-17/h3-10,12,18H,11H2,1-2H3,(H,23,24). The minimum absolute atomic E-state index is 0.0728. The number of benzene rings is 2. The number of carbonyl (C=O) groups excluding carboxylic acids is 2. The fourth-order valence-corrected chi connectivity index (χ4v) is 3.67. The van der Waals surface area contributed by atoms with Crippen LogP contribution in [0.3, 0.4) is 0 Å². The van der Waals surface area contributed by atoms with Gasteiger partial charge in [0.2, 0.25) is 0 Å². The fourth-order valence-electron chi connectivity index (χ4n) is 2.57. The number of nitrogens with zero attached hydrogens (tertiary/aromatic N) is 1. The van der Waals surface area contributed by atoms with Crippen molar-refractivity contribution in [3.05, 3.63) is 64.1 Å². The highest BCUT2D eigenvalue weighted by Gasteiger charge is 2.27. The van der Waals surface area contributed by atoms with Crippen LogP contribution in [0.4, 0.5) is 0 Å². The summed E-state index contributed by atoms with van der Waals surface area (Å²) in [4.78, 5) is 29.4. The van der Waals surface area contributed by atoms with Crippen molar-refractivity contribution in [2.45, 2.75) is 26.5 Å². The lowest BCUT2D eigenvalue weighted by atomic mass is 10.0. The van der Waals surface area contributed by atoms with Gasteiger partial charge >= 0.3 is 5.97 Å². The lowest BCUT2D eigenvalue weighted by molar-refractivity contribution is -0.148. The molecule has 0 aliphatic rings. The van der Waals surface area contributed by atoms with E-state index in [1.54, 1.807) is 24.3 Å². The number of halogens is 1. The number of para-hydroxylation sites is 1. The average molecular weight is 403 g/mol. The van der Waals surface area contributed by atoms with Crippen molar-refractivity contribution in [1.29, 1.82) is 0 Å². The number of esters is 1. The van der Waals surface area contributed by atoms with Crippen molar-refractivity contribution in [3.63, 3.8) is 0 Å². The molecule has 1 atom stereocenters. The molecule has 0 bridgehead atoms. The Bertz CT molecular complexity index is 938. The maximum absolute atomic E-state index is 12.5. The SMILES string of the molecule is CC(C)C(NC(=O)c1ccccc1Cl)C(=O)OCc1nc2ccccc2s1. The van der Waals surface area contributed by atoms with E-state index >= 15 is 0 Å². The summed E-state index contributed by atoms with van der Waals surface area (Å²) in [6.07, 6.45) is 0. The first kappa shape index (κ1) is 19.3. The first-order valence-corrected chi connectivity index (χ1v) is 9.71. The summed E-state index contributed by atoms with van der Waals surface area (Å²) in [6.45, 7) is 3.76. The molecule has 1 unspecified atom stereocenters. The van der Waals surface area contributed by atoms with Gasteiger partial charge in [-0.3, -0.25) is 4.79 Å². The van der Waals surface area contributed by atoms with Crippen LogP contribution in [0.15, 0.2) is 48.5 Å². The van der Waals surface area contributed by atoms with Crippen molar-refractivity contribution in [1.82, 2.24) is 10.3 Å². The Balaban J connectivity index is 1.66. The molecule has 5 nitrogen and oxygen atoms in total. The quantitative estimate of drug-likeness (QED) is 0.618. The molecule has 0 aliphatic heterocycles. The maximum atomic E-state index is 12.5. The van der Waals surface area contributed by atoms with E-state index in [0.717, 1.165) is 10.2 Å². The minimum atomic E-state index is -0.775. The number of amides is 1. The number of hydrogen-bond donors (Lipinski definition) is 1. The molecule has 27 heavy (non-hydrogen) atoms. The van der Waals surface area contributed by atoms with Gasteiger partial charge in [-0.2, -0.15) is 0 Å². The number of hydrogen-bond acceptors (Lipinski definition) is 5. The second-order valence-electron chi connectivity index (χ2n) is 6.36. The van der Waals surface area contributed by atoms with Crippen molar-refractivity contribution < 1.29 is 14.3 Å². The van der Waals surface area contributed by atoms with Gasteiger partial charge in [0, 0.05) is 0 Å². The highest BCUT2D eigenvalue weighted by molar-refractivity contribution is 7.18. The summed E-state index contributed by atoms with van der Waals surface area (Å²) in [7, 11) is 0. The van der Waals surface area contributed by atoms with Gasteiger partial charge in [-0.15, -0.1) is 11.3 Å². The summed E-state index contributed by atoms with van der Waals surface area (Å²) < 4.78 is 6.45. The zero-order valence-electron chi connectivity index (χ0n) is 14.9. The molecule has 2 aromatic carbocycles. The van der Waals surface area contributed by atoms with E-state index in [0.29, 0.717) is 15.6 Å². The Morgan fingerprint density at radius 1 is 1.15 bits per heavy atom. The number of fused-ring (bicyclic) bond motifs is 1. The molecule has 1 heterocycles. The van der Waals surface area contributed by atoms with E-state index in [1.165, 1.54) is 11.3 Å². The molecule has 3 aromatic rings. The van der Waals surface area contributed by atoms with Crippen LogP contribution in [0.25, 0.3) is 10.2 Å². The van der Waals surface area contributed by atoms with Gasteiger partial charge < -0.3 is 10.1 Å². The molecule has 1 aromatic heterocycles. The second-order valence-corrected chi connectivity index (χ2v) is 7.88. The highest BCUT2D eigenvalue weighted by Crippen LogP contribution is 2.22. The van der Waals surface area contributed by atoms with Crippen LogP contribution in [0.1, 0.15) is 29.2 Å². The van der Waals surface area contributed by atoms with Gasteiger partial charge in [0.05, 0.1) is 20.8 Å². The molecule has 140 valence electrons. The molecule has 0 saturated heterocycles. The molecule has 1 amide bonds. The number of nitrogens with one attached hydrogen (secondary N) is 1. The molecule has 0 radical (unpaired) electrons. The Morgan fingerprint density at radius 2 is 1.85 bits per heavy atom. The Hall–Kier alpha value is -2.44. The van der Waals surface area contributed by atoms with Gasteiger partial charge in [0.15, 0.2) is 0 Å². The number of carbonyl (C=O) groups is 2. The average Bonchev–Trinajstić information content (AvgIpc) is 3.07. The zero-order chi connectivity index (χ0) is 19.4. The van der Waals surface area contributed by atoms with Crippen LogP contribution >= 0.6 is 22.9 Å². The largest absolute Gasteiger partial charge is 0.457 e. The first-order chi connectivity index (χ1) is 13.0. The molecule has 1 N–H and O–H groups in total. The summed E-state index contributed by atoms with van der Waals surface area (Å²) in [5.74, 6) is -1.04. The summed E-state index contributed by atoms with van der Waals surface area (Å²) in [6, 6.07) is 13.7. The molecule has 0 fully saturated rings. The lowest BCUT2D eigenvalue weighted by Crippen LogP contribution is -2.45. The van der Waals surface area contributed by atoms with Gasteiger partial charge in [-0.25, -0.2) is 9.78 Å². The van der Waals surface area contributed by atoms with E-state index in [4.69, 9.17) is 16.3 Å². The lowest BCUT2D eigenvalue weighted by Gasteiger charge is -2.21. The summed E-state index contributed by atoms with van der Waals surface area (Å²) in [5.41, 5.74) is 1.20. The summed E-state index contributed by atoms with van der Waals surface area (Å²) in [5, 5.41) is 3.77. The van der Waals surface area contributed by atoms with Gasteiger partial charge in [-0.1, -0.05) is 49.7 Å². The van der Waals surface area contributed by atoms with Crippen LogP contribution in [0.5, 0.6) is 0 Å². The van der Waals surface area contributed by atoms with Gasteiger partial charge in [0.25, 0.3) is 5.91 Å². The fraction of sp³-hybridized carbons (Fsp3) is 0.250. The third kappa shape index (κ3) is 4.64. The van der Waals surface area contributed by atoms with Gasteiger partial charge in [-0.05, 0) is 30.2 Å². The van der Waals surface area contributed by atoms with E-state index in [2.05, 4.69) is 10.3 Å². The zero-order valence-corrected chi connectivity index (χ0v) is 16.5. The molecular formula is C20H19ClN2O3S. The van der Waals surface area contributed by atoms with Crippen LogP contribution in [0.2, 0.25) is 5.02 Å². The number of ether oxygens (including phenoxy) is 1. The second kappa shape index (κ2) is 8.50. The highest BCUT2D eigenvalue weighted by atomic mass is 35.5. The topological polar surface area (TPSA) is 68.3 Å². The Morgan fingerprint density at radius 3 is 2.56 bits per heavy atom. The smallest absolute Gasteiger partial charge is 0.329 e. The number of aromatic nitrogens is 1. The molecule has 0 aliphatic carbocycles. The maximum Gasteiger partial charge on any atom is 0.329 e. The molecule has 0 saturated carbocycles. The predicted octanol–water partition coefficient (Wildman–Crippen LogP) is 4.45. The van der Waals surface area contributed by atoms with Crippen LogP contribution in [0, 0.1) is 5.92 Å². The normalized spacial score (nSPS) is 12.1. The predicted molar refractivity (Wildman–Crippen MR) is 107 cm³/mol. The van der Waals surface area contributed by atoms with E-state index in [-0.39, 0.29) is 12.5 Å². The van der Waals surface area contributed by atoms with Crippen molar-refractivity contribution in [2.75, 3.05) is 0 Å². The van der Waals surface area contributed by atoms with E-state index in [9.17, 15) is 9.59 Å². The Labute approximate surface area is 166 Å². The van der Waals surface area contributed by atoms with Crippen LogP contribution in [-0.4, -0.2) is 22.9 Å². The minimum Gasteiger partial charge on any atom is -0.457 e. The molecule has 7 heteroatoms. The van der Waals surface area contributed by atoms with E-state index < -0.39 is 17.9 Å². The van der Waals surface area contributed by atoms with Gasteiger partial charge in [0.1, 0.15) is 17.7 Å². The molecule has 0 spiro atoms. The van der Waals surface area contributed by atoms with Crippen molar-refractivity contribution in [2.24, 2.45) is 5.92 Å². The van der Waals surface area contributed by atoms with Crippen LogP contribution < -0.4 is 5.32 Å². The third-order valence-electron chi connectivity index (χ3n) is 4.00. The number of thiazole rings is 1.